The largest absolute Gasteiger partial charge is 0.345 e. The van der Waals surface area contributed by atoms with E-state index in [1.54, 1.807) is 0 Å². The highest BCUT2D eigenvalue weighted by Crippen LogP contribution is 2.17. The number of nitrogens with one attached hydrogen (secondary N) is 2. The minimum atomic E-state index is -0.245. The monoisotopic (exact) mass is 167 g/mol. The molecule has 1 saturated carbocycles. The van der Waals surface area contributed by atoms with Crippen LogP contribution in [0.3, 0.4) is 0 Å². The predicted octanol–water partition coefficient (Wildman–Crippen LogP) is -1.37. The number of carbonyl (C=O) groups excluding carboxylic acids is 1. The van der Waals surface area contributed by atoms with Gasteiger partial charge in [-0.2, -0.15) is 5.10 Å². The molecule has 1 heterocycles. The summed E-state index contributed by atoms with van der Waals surface area (Å²) >= 11 is 0. The van der Waals surface area contributed by atoms with Crippen molar-refractivity contribution in [1.82, 2.24) is 20.5 Å². The molecule has 6 nitrogen and oxygen atoms in total. The van der Waals surface area contributed by atoms with E-state index in [2.05, 4.69) is 20.5 Å². The number of amides is 1. The molecule has 0 aliphatic heterocycles. The number of carbonyl (C=O) groups is 1. The first kappa shape index (κ1) is 7.23. The van der Waals surface area contributed by atoms with Crippen molar-refractivity contribution in [1.29, 1.82) is 0 Å². The van der Waals surface area contributed by atoms with Crippen molar-refractivity contribution in [2.75, 3.05) is 0 Å². The summed E-state index contributed by atoms with van der Waals surface area (Å²) in [6.45, 7) is 0. The summed E-state index contributed by atoms with van der Waals surface area (Å²) in [7, 11) is 0. The zero-order valence-corrected chi connectivity index (χ0v) is 6.32. The summed E-state index contributed by atoms with van der Waals surface area (Å²) in [5.41, 5.74) is 5.51. The minimum absolute atomic E-state index is 0.108. The summed E-state index contributed by atoms with van der Waals surface area (Å²) in [5.74, 6) is -0.0143. The molecule has 1 amide bonds. The summed E-state index contributed by atoms with van der Waals surface area (Å²) in [6.07, 6.45) is 2.14. The molecule has 0 aromatic carbocycles. The van der Waals surface area contributed by atoms with Gasteiger partial charge in [-0.15, -0.1) is 0 Å². The Morgan fingerprint density at radius 3 is 3.08 bits per heavy atom. The van der Waals surface area contributed by atoms with Crippen molar-refractivity contribution < 1.29 is 4.79 Å². The molecule has 2 atom stereocenters. The van der Waals surface area contributed by atoms with Crippen molar-refractivity contribution in [3.63, 3.8) is 0 Å². The molecule has 0 saturated heterocycles. The Balaban J connectivity index is 1.93. The van der Waals surface area contributed by atoms with E-state index in [1.165, 1.54) is 6.33 Å². The molecule has 1 aliphatic rings. The van der Waals surface area contributed by atoms with Gasteiger partial charge in [0.2, 0.25) is 5.82 Å². The van der Waals surface area contributed by atoms with E-state index in [-0.39, 0.29) is 23.8 Å². The van der Waals surface area contributed by atoms with Crippen LogP contribution in [0.2, 0.25) is 0 Å². The van der Waals surface area contributed by atoms with Gasteiger partial charge in [0, 0.05) is 12.1 Å². The Labute approximate surface area is 68.6 Å². The van der Waals surface area contributed by atoms with Gasteiger partial charge >= 0.3 is 0 Å². The quantitative estimate of drug-likeness (QED) is 0.506. The van der Waals surface area contributed by atoms with Gasteiger partial charge in [0.05, 0.1) is 0 Å². The van der Waals surface area contributed by atoms with Gasteiger partial charge in [-0.3, -0.25) is 9.89 Å². The van der Waals surface area contributed by atoms with E-state index < -0.39 is 0 Å². The molecule has 0 spiro atoms. The summed E-state index contributed by atoms with van der Waals surface area (Å²) in [5, 5.41) is 8.74. The van der Waals surface area contributed by atoms with E-state index in [1.807, 2.05) is 0 Å². The van der Waals surface area contributed by atoms with Crippen molar-refractivity contribution in [3.05, 3.63) is 12.2 Å². The lowest BCUT2D eigenvalue weighted by Gasteiger charge is -1.98. The second-order valence-corrected chi connectivity index (χ2v) is 2.81. The van der Waals surface area contributed by atoms with Crippen LogP contribution in [0.25, 0.3) is 0 Å². The van der Waals surface area contributed by atoms with Crippen molar-refractivity contribution in [3.8, 4) is 0 Å². The topological polar surface area (TPSA) is 96.7 Å². The Morgan fingerprint density at radius 1 is 1.83 bits per heavy atom. The minimum Gasteiger partial charge on any atom is -0.345 e. The third-order valence-electron chi connectivity index (χ3n) is 1.79. The summed E-state index contributed by atoms with van der Waals surface area (Å²) in [6, 6.07) is 0.222. The third kappa shape index (κ3) is 1.28. The highest BCUT2D eigenvalue weighted by molar-refractivity contribution is 5.90. The molecule has 1 aliphatic carbocycles. The number of rotatable bonds is 2. The molecule has 6 heteroatoms. The van der Waals surface area contributed by atoms with E-state index in [0.717, 1.165) is 6.42 Å². The second kappa shape index (κ2) is 2.56. The van der Waals surface area contributed by atoms with Gasteiger partial charge < -0.3 is 11.1 Å². The molecule has 4 N–H and O–H groups in total. The average Bonchev–Trinajstić information content (AvgIpc) is 2.58. The van der Waals surface area contributed by atoms with Crippen LogP contribution in [0.1, 0.15) is 17.0 Å². The molecule has 1 fully saturated rings. The second-order valence-electron chi connectivity index (χ2n) is 2.81. The first-order valence-corrected chi connectivity index (χ1v) is 3.69. The van der Waals surface area contributed by atoms with E-state index in [4.69, 9.17) is 5.73 Å². The van der Waals surface area contributed by atoms with Crippen LogP contribution in [-0.4, -0.2) is 33.2 Å². The molecule has 64 valence electrons. The fraction of sp³-hybridized carbons (Fsp3) is 0.500. The van der Waals surface area contributed by atoms with Gasteiger partial charge in [-0.05, 0) is 6.42 Å². The molecule has 1 aromatic heterocycles. The summed E-state index contributed by atoms with van der Waals surface area (Å²) in [4.78, 5) is 14.9. The highest BCUT2D eigenvalue weighted by atomic mass is 16.2. The molecule has 0 bridgehead atoms. The third-order valence-corrected chi connectivity index (χ3v) is 1.79. The van der Waals surface area contributed by atoms with Crippen LogP contribution in [0, 0.1) is 0 Å². The molecular weight excluding hydrogens is 158 g/mol. The van der Waals surface area contributed by atoms with Crippen LogP contribution in [0.5, 0.6) is 0 Å². The van der Waals surface area contributed by atoms with Crippen LogP contribution < -0.4 is 11.1 Å². The normalized spacial score (nSPS) is 26.8. The van der Waals surface area contributed by atoms with Crippen molar-refractivity contribution in [2.24, 2.45) is 5.73 Å². The number of aromatic amines is 1. The Bertz CT molecular complexity index is 282. The fourth-order valence-electron chi connectivity index (χ4n) is 0.932. The Morgan fingerprint density at radius 2 is 2.58 bits per heavy atom. The van der Waals surface area contributed by atoms with Crippen LogP contribution in [0.4, 0.5) is 0 Å². The molecule has 2 unspecified atom stereocenters. The van der Waals surface area contributed by atoms with Gasteiger partial charge in [-0.1, -0.05) is 0 Å². The number of aromatic nitrogens is 3. The number of hydrogen-bond acceptors (Lipinski definition) is 4. The van der Waals surface area contributed by atoms with E-state index in [0.29, 0.717) is 0 Å². The SMILES string of the molecule is NC1CC1NC(=O)c1ncn[nH]1. The summed E-state index contributed by atoms with van der Waals surface area (Å²) < 4.78 is 0. The standard InChI is InChI=1S/C6H9N5O/c7-3-1-4(3)10-6(12)5-8-2-9-11-5/h2-4H,1,7H2,(H,10,12)(H,8,9,11). The van der Waals surface area contributed by atoms with Crippen LogP contribution >= 0.6 is 0 Å². The highest BCUT2D eigenvalue weighted by Gasteiger charge is 2.35. The van der Waals surface area contributed by atoms with Gasteiger partial charge in [0.25, 0.3) is 5.91 Å². The maximum Gasteiger partial charge on any atom is 0.288 e. The smallest absolute Gasteiger partial charge is 0.288 e. The lowest BCUT2D eigenvalue weighted by Crippen LogP contribution is -2.30. The van der Waals surface area contributed by atoms with Crippen molar-refractivity contribution >= 4 is 5.91 Å². The van der Waals surface area contributed by atoms with Crippen molar-refractivity contribution in [2.45, 2.75) is 18.5 Å². The fourth-order valence-corrected chi connectivity index (χ4v) is 0.932. The molecular formula is C6H9N5O. The molecule has 12 heavy (non-hydrogen) atoms. The zero-order valence-electron chi connectivity index (χ0n) is 6.32. The first-order valence-electron chi connectivity index (χ1n) is 3.69. The van der Waals surface area contributed by atoms with Gasteiger partial charge in [0.1, 0.15) is 6.33 Å². The van der Waals surface area contributed by atoms with Crippen LogP contribution in [-0.2, 0) is 0 Å². The van der Waals surface area contributed by atoms with Gasteiger partial charge in [0.15, 0.2) is 0 Å². The number of hydrogen-bond donors (Lipinski definition) is 3. The van der Waals surface area contributed by atoms with E-state index >= 15 is 0 Å². The van der Waals surface area contributed by atoms with Gasteiger partial charge in [-0.25, -0.2) is 4.98 Å². The first-order chi connectivity index (χ1) is 5.77. The Kier molecular flexibility index (Phi) is 1.54. The lowest BCUT2D eigenvalue weighted by molar-refractivity contribution is 0.0940. The van der Waals surface area contributed by atoms with E-state index in [9.17, 15) is 4.79 Å². The number of nitrogens with zero attached hydrogens (tertiary/aromatic N) is 2. The predicted molar refractivity (Wildman–Crippen MR) is 40.2 cm³/mol. The van der Waals surface area contributed by atoms with Crippen LogP contribution in [0.15, 0.2) is 6.33 Å². The molecule has 2 rings (SSSR count). The molecule has 0 radical (unpaired) electrons. The maximum atomic E-state index is 11.2. The maximum absolute atomic E-state index is 11.2. The molecule has 1 aromatic rings. The lowest BCUT2D eigenvalue weighted by atomic mass is 10.5. The Hall–Kier alpha value is -1.43. The number of nitrogens with two attached hydrogens (primary N) is 1. The average molecular weight is 167 g/mol. The zero-order chi connectivity index (χ0) is 8.55. The number of H-pyrrole nitrogens is 1.